The number of carbonyl (C=O) groups is 1. The van der Waals surface area contributed by atoms with Crippen LogP contribution in [0, 0.1) is 0 Å². The van der Waals surface area contributed by atoms with Gasteiger partial charge in [0.2, 0.25) is 6.54 Å². The number of nitrogens with one attached hydrogen (secondary N) is 1. The summed E-state index contributed by atoms with van der Waals surface area (Å²) in [5, 5.41) is 2.94. The molecule has 0 unspecified atom stereocenters. The fraction of sp³-hybridized carbons (Fsp3) is 0.368. The van der Waals surface area contributed by atoms with Gasteiger partial charge < -0.3 is 5.32 Å². The molecule has 0 spiro atoms. The van der Waals surface area contributed by atoms with Crippen molar-refractivity contribution in [1.29, 1.82) is 0 Å². The number of aryl methyl sites for hydroxylation is 2. The number of hydrogen-bond donors (Lipinski definition) is 1. The van der Waals surface area contributed by atoms with Crippen LogP contribution in [0.3, 0.4) is 0 Å². The monoisotopic (exact) mass is 297 g/mol. The maximum Gasteiger partial charge on any atom is 0.290 e. The molecule has 1 aromatic carbocycles. The van der Waals surface area contributed by atoms with Gasteiger partial charge in [-0.25, -0.2) is 0 Å². The van der Waals surface area contributed by atoms with Crippen LogP contribution in [0.25, 0.3) is 0 Å². The fourth-order valence-electron chi connectivity index (χ4n) is 2.33. The third-order valence-electron chi connectivity index (χ3n) is 3.75. The lowest BCUT2D eigenvalue weighted by Gasteiger charge is -2.05. The number of hydrogen-bond acceptors (Lipinski definition) is 1. The summed E-state index contributed by atoms with van der Waals surface area (Å²) in [6.07, 6.45) is 8.42. The van der Waals surface area contributed by atoms with E-state index in [1.54, 1.807) is 0 Å². The van der Waals surface area contributed by atoms with Crippen LogP contribution in [0.4, 0.5) is 5.69 Å². The molecule has 0 aliphatic heterocycles. The zero-order chi connectivity index (χ0) is 15.8. The molecule has 1 aromatic heterocycles. The first-order valence-electron chi connectivity index (χ1n) is 8.08. The minimum Gasteiger partial charge on any atom is -0.321 e. The molecular weight excluding hydrogens is 272 g/mol. The van der Waals surface area contributed by atoms with Crippen LogP contribution in [0.1, 0.15) is 37.8 Å². The number of rotatable bonds is 7. The second kappa shape index (κ2) is 8.32. The summed E-state index contributed by atoms with van der Waals surface area (Å²) < 4.78 is 1.89. The highest BCUT2D eigenvalue weighted by atomic mass is 16.1. The van der Waals surface area contributed by atoms with Crippen LogP contribution in [0.15, 0.2) is 48.8 Å². The summed E-state index contributed by atoms with van der Waals surface area (Å²) in [7, 11) is 0. The maximum absolute atomic E-state index is 12.1. The van der Waals surface area contributed by atoms with Crippen LogP contribution in [0.2, 0.25) is 0 Å². The minimum absolute atomic E-state index is 0.00411. The molecule has 116 valence electrons. The van der Waals surface area contributed by atoms with E-state index >= 15 is 0 Å². The molecule has 0 fully saturated rings. The highest BCUT2D eigenvalue weighted by molar-refractivity contribution is 5.89. The highest BCUT2D eigenvalue weighted by Gasteiger charge is 2.09. The fourth-order valence-corrected chi connectivity index (χ4v) is 2.33. The SMILES string of the molecule is CCCCc1ccc(NC(=O)C[n+]2ccc(CC)cc2)cc1. The number of anilines is 1. The molecule has 2 rings (SSSR count). The summed E-state index contributed by atoms with van der Waals surface area (Å²) >= 11 is 0. The Labute approximate surface area is 133 Å². The van der Waals surface area contributed by atoms with E-state index in [0.29, 0.717) is 6.54 Å². The number of pyridine rings is 1. The molecule has 0 aliphatic carbocycles. The Hall–Kier alpha value is -2.16. The van der Waals surface area contributed by atoms with E-state index < -0.39 is 0 Å². The topological polar surface area (TPSA) is 33.0 Å². The molecule has 3 heteroatoms. The van der Waals surface area contributed by atoms with Crippen LogP contribution < -0.4 is 9.88 Å². The summed E-state index contributed by atoms with van der Waals surface area (Å²) in [5.41, 5.74) is 3.46. The molecule has 2 aromatic rings. The summed E-state index contributed by atoms with van der Waals surface area (Å²) in [6, 6.07) is 12.2. The van der Waals surface area contributed by atoms with Crippen molar-refractivity contribution in [3.05, 3.63) is 59.9 Å². The third kappa shape index (κ3) is 4.99. The van der Waals surface area contributed by atoms with Crippen molar-refractivity contribution in [1.82, 2.24) is 0 Å². The normalized spacial score (nSPS) is 10.5. The smallest absolute Gasteiger partial charge is 0.290 e. The zero-order valence-electron chi connectivity index (χ0n) is 13.5. The van der Waals surface area contributed by atoms with Gasteiger partial charge in [0, 0.05) is 17.8 Å². The van der Waals surface area contributed by atoms with E-state index in [1.807, 2.05) is 29.1 Å². The molecule has 0 radical (unpaired) electrons. The molecule has 0 bridgehead atoms. The van der Waals surface area contributed by atoms with Gasteiger partial charge in [0.15, 0.2) is 12.4 Å². The predicted octanol–water partition coefficient (Wildman–Crippen LogP) is 3.52. The first-order valence-corrected chi connectivity index (χ1v) is 8.08. The van der Waals surface area contributed by atoms with Gasteiger partial charge >= 0.3 is 0 Å². The van der Waals surface area contributed by atoms with E-state index in [9.17, 15) is 4.79 Å². The Morgan fingerprint density at radius 2 is 1.68 bits per heavy atom. The summed E-state index contributed by atoms with van der Waals surface area (Å²) in [5.74, 6) is -0.00411. The molecule has 1 N–H and O–H groups in total. The standard InChI is InChI=1S/C19H24N2O/c1-3-5-6-17-7-9-18(10-8-17)20-19(22)15-21-13-11-16(4-2)12-14-21/h7-14H,3-6,15H2,1-2H3/p+1. The minimum atomic E-state index is -0.00411. The van der Waals surface area contributed by atoms with Gasteiger partial charge in [-0.2, -0.15) is 4.57 Å². The maximum atomic E-state index is 12.1. The molecule has 0 saturated carbocycles. The van der Waals surface area contributed by atoms with Gasteiger partial charge in [0.1, 0.15) is 0 Å². The number of carbonyl (C=O) groups excluding carboxylic acids is 1. The molecule has 22 heavy (non-hydrogen) atoms. The number of amides is 1. The van der Waals surface area contributed by atoms with Gasteiger partial charge in [-0.15, -0.1) is 0 Å². The Balaban J connectivity index is 1.88. The van der Waals surface area contributed by atoms with Gasteiger partial charge in [0.05, 0.1) is 0 Å². The number of unbranched alkanes of at least 4 members (excludes halogenated alkanes) is 1. The van der Waals surface area contributed by atoms with Crippen LogP contribution in [-0.4, -0.2) is 5.91 Å². The lowest BCUT2D eigenvalue weighted by atomic mass is 10.1. The highest BCUT2D eigenvalue weighted by Crippen LogP contribution is 2.11. The Bertz CT molecular complexity index is 588. The van der Waals surface area contributed by atoms with Crippen LogP contribution in [0.5, 0.6) is 0 Å². The van der Waals surface area contributed by atoms with E-state index in [-0.39, 0.29) is 5.91 Å². The predicted molar refractivity (Wildman–Crippen MR) is 89.7 cm³/mol. The van der Waals surface area contributed by atoms with Crippen molar-refractivity contribution in [2.45, 2.75) is 46.1 Å². The van der Waals surface area contributed by atoms with Gasteiger partial charge in [-0.3, -0.25) is 4.79 Å². The largest absolute Gasteiger partial charge is 0.321 e. The molecule has 0 atom stereocenters. The number of benzene rings is 1. The van der Waals surface area contributed by atoms with Crippen molar-refractivity contribution in [2.75, 3.05) is 5.32 Å². The zero-order valence-corrected chi connectivity index (χ0v) is 13.5. The quantitative estimate of drug-likeness (QED) is 0.779. The Kier molecular flexibility index (Phi) is 6.13. The summed E-state index contributed by atoms with van der Waals surface area (Å²) in [6.45, 7) is 4.65. The second-order valence-electron chi connectivity index (χ2n) is 5.58. The first kappa shape index (κ1) is 16.2. The van der Waals surface area contributed by atoms with E-state index in [0.717, 1.165) is 18.5 Å². The van der Waals surface area contributed by atoms with Crippen molar-refractivity contribution >= 4 is 11.6 Å². The van der Waals surface area contributed by atoms with Crippen molar-refractivity contribution in [2.24, 2.45) is 0 Å². The van der Waals surface area contributed by atoms with Crippen molar-refractivity contribution < 1.29 is 9.36 Å². The average Bonchev–Trinajstić information content (AvgIpc) is 2.55. The average molecular weight is 297 g/mol. The Morgan fingerprint density at radius 3 is 2.27 bits per heavy atom. The molecule has 1 heterocycles. The van der Waals surface area contributed by atoms with Gasteiger partial charge in [0.25, 0.3) is 5.91 Å². The lowest BCUT2D eigenvalue weighted by Crippen LogP contribution is -2.39. The van der Waals surface area contributed by atoms with Gasteiger partial charge in [-0.1, -0.05) is 32.4 Å². The Morgan fingerprint density at radius 1 is 1.00 bits per heavy atom. The van der Waals surface area contributed by atoms with Crippen molar-refractivity contribution in [3.8, 4) is 0 Å². The van der Waals surface area contributed by atoms with Crippen molar-refractivity contribution in [3.63, 3.8) is 0 Å². The number of aromatic nitrogens is 1. The van der Waals surface area contributed by atoms with E-state index in [4.69, 9.17) is 0 Å². The van der Waals surface area contributed by atoms with Crippen LogP contribution in [-0.2, 0) is 24.2 Å². The van der Waals surface area contributed by atoms with E-state index in [2.05, 4.69) is 43.4 Å². The first-order chi connectivity index (χ1) is 10.7. The van der Waals surface area contributed by atoms with Gasteiger partial charge in [-0.05, 0) is 42.5 Å². The molecular formula is C19H25N2O+. The number of nitrogens with zero attached hydrogens (tertiary/aromatic N) is 1. The molecule has 3 nitrogen and oxygen atoms in total. The molecule has 0 saturated heterocycles. The van der Waals surface area contributed by atoms with Crippen LogP contribution >= 0.6 is 0 Å². The lowest BCUT2D eigenvalue weighted by molar-refractivity contribution is -0.684. The third-order valence-corrected chi connectivity index (χ3v) is 3.75. The molecule has 0 aliphatic rings. The summed E-state index contributed by atoms with van der Waals surface area (Å²) in [4.78, 5) is 12.1. The second-order valence-corrected chi connectivity index (χ2v) is 5.58. The molecule has 1 amide bonds. The van der Waals surface area contributed by atoms with E-state index in [1.165, 1.54) is 24.0 Å².